The van der Waals surface area contributed by atoms with Gasteiger partial charge in [-0.05, 0) is 58.2 Å². The molecule has 0 bridgehead atoms. The molecule has 0 saturated carbocycles. The topological polar surface area (TPSA) is 46.8 Å². The highest BCUT2D eigenvalue weighted by Gasteiger charge is 2.31. The Morgan fingerprint density at radius 3 is 1.86 bits per heavy atom. The van der Waals surface area contributed by atoms with Crippen LogP contribution in [0.25, 0.3) is 5.69 Å². The van der Waals surface area contributed by atoms with E-state index in [0.717, 1.165) is 28.2 Å². The summed E-state index contributed by atoms with van der Waals surface area (Å²) < 4.78 is 1.88. The van der Waals surface area contributed by atoms with E-state index in [1.165, 1.54) is 11.1 Å². The second-order valence-electron chi connectivity index (χ2n) is 8.99. The van der Waals surface area contributed by atoms with Gasteiger partial charge in [-0.3, -0.25) is 4.90 Å². The molecule has 4 aromatic carbocycles. The lowest BCUT2D eigenvalue weighted by Crippen LogP contribution is -2.31. The first-order chi connectivity index (χ1) is 17.6. The molecule has 1 unspecified atom stereocenters. The summed E-state index contributed by atoms with van der Waals surface area (Å²) in [7, 11) is 0. The van der Waals surface area contributed by atoms with Crippen molar-refractivity contribution in [3.8, 4) is 5.69 Å². The summed E-state index contributed by atoms with van der Waals surface area (Å²) in [5.74, 6) is 0.729. The molecule has 0 aliphatic rings. The van der Waals surface area contributed by atoms with E-state index in [9.17, 15) is 0 Å². The van der Waals surface area contributed by atoms with Crippen molar-refractivity contribution in [2.75, 3.05) is 0 Å². The van der Waals surface area contributed by atoms with Gasteiger partial charge in [0.05, 0.1) is 11.7 Å². The van der Waals surface area contributed by atoms with Crippen LogP contribution >= 0.6 is 11.6 Å². The Morgan fingerprint density at radius 2 is 1.28 bits per heavy atom. The number of rotatable bonds is 8. The van der Waals surface area contributed by atoms with Crippen molar-refractivity contribution in [3.63, 3.8) is 0 Å². The van der Waals surface area contributed by atoms with E-state index in [4.69, 9.17) is 11.6 Å². The normalized spacial score (nSPS) is 12.1. The van der Waals surface area contributed by atoms with E-state index in [1.807, 2.05) is 35.0 Å². The van der Waals surface area contributed by atoms with Crippen LogP contribution in [0.3, 0.4) is 0 Å². The number of nitrogens with zero attached hydrogens (tertiary/aromatic N) is 5. The molecule has 0 aliphatic heterocycles. The van der Waals surface area contributed by atoms with Crippen molar-refractivity contribution in [3.05, 3.63) is 142 Å². The number of tetrazole rings is 1. The largest absolute Gasteiger partial charge is 0.281 e. The smallest absolute Gasteiger partial charge is 0.178 e. The molecule has 1 aromatic heterocycles. The Morgan fingerprint density at radius 1 is 0.722 bits per heavy atom. The number of para-hydroxylation sites is 1. The minimum atomic E-state index is -0.284. The van der Waals surface area contributed by atoms with Gasteiger partial charge in [0.15, 0.2) is 5.82 Å². The van der Waals surface area contributed by atoms with Gasteiger partial charge in [-0.15, -0.1) is 5.10 Å². The van der Waals surface area contributed by atoms with Crippen LogP contribution in [-0.4, -0.2) is 25.1 Å². The van der Waals surface area contributed by atoms with E-state index in [2.05, 4.69) is 107 Å². The lowest BCUT2D eigenvalue weighted by molar-refractivity contribution is 0.197. The molecule has 0 saturated heterocycles. The third-order valence-electron chi connectivity index (χ3n) is 6.41. The predicted octanol–water partition coefficient (Wildman–Crippen LogP) is 6.72. The van der Waals surface area contributed by atoms with Gasteiger partial charge in [-0.2, -0.15) is 4.68 Å². The van der Waals surface area contributed by atoms with Gasteiger partial charge in [0, 0.05) is 18.1 Å². The van der Waals surface area contributed by atoms with Crippen LogP contribution in [0.5, 0.6) is 0 Å². The first kappa shape index (κ1) is 23.9. The number of hydrogen-bond acceptors (Lipinski definition) is 4. The van der Waals surface area contributed by atoms with E-state index in [0.29, 0.717) is 18.1 Å². The summed E-state index contributed by atoms with van der Waals surface area (Å²) in [6, 6.07) is 34.9. The summed E-state index contributed by atoms with van der Waals surface area (Å²) in [5, 5.41) is 13.9. The molecule has 5 nitrogen and oxygen atoms in total. The third-order valence-corrected chi connectivity index (χ3v) is 6.76. The highest BCUT2D eigenvalue weighted by atomic mass is 35.5. The van der Waals surface area contributed by atoms with Crippen molar-refractivity contribution in [2.24, 2.45) is 0 Å². The fraction of sp³-hybridized carbons (Fsp3) is 0.167. The number of halogens is 1. The van der Waals surface area contributed by atoms with Gasteiger partial charge >= 0.3 is 0 Å². The van der Waals surface area contributed by atoms with Crippen molar-refractivity contribution >= 4 is 11.6 Å². The molecule has 1 heterocycles. The Balaban J connectivity index is 1.69. The molecule has 0 amide bonds. The third kappa shape index (κ3) is 5.08. The monoisotopic (exact) mass is 493 g/mol. The number of hydrogen-bond donors (Lipinski definition) is 0. The van der Waals surface area contributed by atoms with Crippen LogP contribution in [0.1, 0.15) is 39.7 Å². The molecule has 0 fully saturated rings. The number of aryl methyl sites for hydroxylation is 2. The van der Waals surface area contributed by atoms with Crippen LogP contribution < -0.4 is 0 Å². The fourth-order valence-corrected chi connectivity index (χ4v) is 4.97. The standard InChI is InChI=1S/C30H28ClN5/c1-22-12-11-13-23(2)28(22)36-30(32-33-34-36)29(26-18-9-10-19-27(26)31)35(20-24-14-5-3-6-15-24)21-25-16-7-4-8-17-25/h3-19,29H,20-21H2,1-2H3. The molecule has 5 rings (SSSR count). The summed E-state index contributed by atoms with van der Waals surface area (Å²) in [6.07, 6.45) is 0. The Hall–Kier alpha value is -3.80. The highest BCUT2D eigenvalue weighted by molar-refractivity contribution is 6.31. The van der Waals surface area contributed by atoms with Gasteiger partial charge in [0.1, 0.15) is 0 Å². The molecule has 0 spiro atoms. The van der Waals surface area contributed by atoms with Gasteiger partial charge < -0.3 is 0 Å². The van der Waals surface area contributed by atoms with Crippen LogP contribution in [0.4, 0.5) is 0 Å². The molecular formula is C30H28ClN5. The lowest BCUT2D eigenvalue weighted by Gasteiger charge is -2.32. The fourth-order valence-electron chi connectivity index (χ4n) is 4.73. The lowest BCUT2D eigenvalue weighted by atomic mass is 10.0. The second kappa shape index (κ2) is 10.9. The maximum absolute atomic E-state index is 6.84. The molecule has 0 aliphatic carbocycles. The van der Waals surface area contributed by atoms with Crippen molar-refractivity contribution in [1.82, 2.24) is 25.1 Å². The molecule has 0 N–H and O–H groups in total. The maximum atomic E-state index is 6.84. The zero-order valence-electron chi connectivity index (χ0n) is 20.4. The summed E-state index contributed by atoms with van der Waals surface area (Å²) >= 11 is 6.84. The maximum Gasteiger partial charge on any atom is 0.178 e. The number of benzene rings is 4. The van der Waals surface area contributed by atoms with E-state index >= 15 is 0 Å². The summed E-state index contributed by atoms with van der Waals surface area (Å²) in [6.45, 7) is 5.57. The molecule has 1 atom stereocenters. The minimum Gasteiger partial charge on any atom is -0.281 e. The zero-order valence-corrected chi connectivity index (χ0v) is 21.2. The first-order valence-corrected chi connectivity index (χ1v) is 12.4. The predicted molar refractivity (Wildman–Crippen MR) is 144 cm³/mol. The minimum absolute atomic E-state index is 0.284. The molecule has 0 radical (unpaired) electrons. The Kier molecular flexibility index (Phi) is 7.21. The van der Waals surface area contributed by atoms with E-state index < -0.39 is 0 Å². The Labute approximate surface area is 217 Å². The van der Waals surface area contributed by atoms with Crippen LogP contribution in [0, 0.1) is 13.8 Å². The molecule has 36 heavy (non-hydrogen) atoms. The van der Waals surface area contributed by atoms with Gasteiger partial charge in [-0.1, -0.05) is 109 Å². The second-order valence-corrected chi connectivity index (χ2v) is 9.40. The average Bonchev–Trinajstić information content (AvgIpc) is 3.35. The van der Waals surface area contributed by atoms with Crippen LogP contribution in [0.2, 0.25) is 5.02 Å². The summed E-state index contributed by atoms with van der Waals surface area (Å²) in [4.78, 5) is 2.39. The average molecular weight is 494 g/mol. The summed E-state index contributed by atoms with van der Waals surface area (Å²) in [5.41, 5.74) is 6.59. The van der Waals surface area contributed by atoms with Crippen molar-refractivity contribution in [1.29, 1.82) is 0 Å². The zero-order chi connectivity index (χ0) is 24.9. The van der Waals surface area contributed by atoms with Gasteiger partial charge in [0.2, 0.25) is 0 Å². The molecule has 6 heteroatoms. The van der Waals surface area contributed by atoms with Crippen molar-refractivity contribution in [2.45, 2.75) is 33.0 Å². The molecule has 5 aromatic rings. The first-order valence-electron chi connectivity index (χ1n) is 12.0. The van der Waals surface area contributed by atoms with Gasteiger partial charge in [-0.25, -0.2) is 0 Å². The Bertz CT molecular complexity index is 1370. The van der Waals surface area contributed by atoms with Crippen LogP contribution in [-0.2, 0) is 13.1 Å². The highest BCUT2D eigenvalue weighted by Crippen LogP contribution is 2.35. The molecular weight excluding hydrogens is 466 g/mol. The SMILES string of the molecule is Cc1cccc(C)c1-n1nnnc1C(c1ccccc1Cl)N(Cc1ccccc1)Cc1ccccc1. The van der Waals surface area contributed by atoms with Crippen LogP contribution in [0.15, 0.2) is 103 Å². The van der Waals surface area contributed by atoms with E-state index in [1.54, 1.807) is 0 Å². The number of aromatic nitrogens is 4. The molecule has 180 valence electrons. The van der Waals surface area contributed by atoms with Gasteiger partial charge in [0.25, 0.3) is 0 Å². The van der Waals surface area contributed by atoms with E-state index in [-0.39, 0.29) is 6.04 Å². The van der Waals surface area contributed by atoms with Crippen molar-refractivity contribution < 1.29 is 0 Å². The quantitative estimate of drug-likeness (QED) is 0.240.